The minimum atomic E-state index is 0.108. The van der Waals surface area contributed by atoms with Gasteiger partial charge in [-0.25, -0.2) is 0 Å². The molecule has 0 fully saturated rings. The molecule has 0 bridgehead atoms. The zero-order chi connectivity index (χ0) is 8.24. The number of unbranched alkanes of at least 4 members (excludes halogenated alkanes) is 1. The monoisotopic (exact) mass is 138 g/mol. The summed E-state index contributed by atoms with van der Waals surface area (Å²) in [6.45, 7) is 2.18. The van der Waals surface area contributed by atoms with Crippen LogP contribution in [0.2, 0.25) is 0 Å². The van der Waals surface area contributed by atoms with E-state index in [4.69, 9.17) is 18.0 Å². The maximum Gasteiger partial charge on any atom is 0.0540 e. The molecule has 0 heterocycles. The van der Waals surface area contributed by atoms with E-state index < -0.39 is 0 Å². The molecule has 0 unspecified atom stereocenters. The van der Waals surface area contributed by atoms with Crippen molar-refractivity contribution in [3.63, 3.8) is 0 Å². The fraction of sp³-hybridized carbons (Fsp3) is 0.556. The molecule has 0 aromatic rings. The number of hydrogen-bond donors (Lipinski definition) is 1. The van der Waals surface area contributed by atoms with E-state index >= 15 is 0 Å². The molecular weight excluding hydrogens is 124 g/mol. The van der Waals surface area contributed by atoms with E-state index in [1.165, 1.54) is 0 Å². The van der Waals surface area contributed by atoms with E-state index in [0.29, 0.717) is 6.42 Å². The van der Waals surface area contributed by atoms with Crippen LogP contribution in [0.3, 0.4) is 0 Å². The summed E-state index contributed by atoms with van der Waals surface area (Å²) in [5.41, 5.74) is 0. The molecular formula is C9H14O. The fourth-order valence-electron chi connectivity index (χ4n) is 0.209. The molecule has 0 aliphatic rings. The summed E-state index contributed by atoms with van der Waals surface area (Å²) in [4.78, 5) is 0. The first kappa shape index (κ1) is 11.8. The van der Waals surface area contributed by atoms with Crippen molar-refractivity contribution in [3.8, 4) is 24.7 Å². The third-order valence-electron chi connectivity index (χ3n) is 0.650. The number of aliphatic hydroxyl groups excluding tert-OH is 1. The number of terminal acetylenes is 2. The second-order valence-corrected chi connectivity index (χ2v) is 1.63. The standard InChI is InChI=1S/C5H8.C4H6O/c1-3-5-4-2;1-2-3-4-5/h1H,4-5H2,2H3;1,5H,3-4H2. The molecule has 0 atom stereocenters. The van der Waals surface area contributed by atoms with Gasteiger partial charge in [0.2, 0.25) is 0 Å². The Balaban J connectivity index is 0. The summed E-state index contributed by atoms with van der Waals surface area (Å²) in [5, 5.41) is 7.92. The molecule has 56 valence electrons. The highest BCUT2D eigenvalue weighted by Crippen LogP contribution is 1.77. The molecule has 0 amide bonds. The van der Waals surface area contributed by atoms with Crippen molar-refractivity contribution in [2.45, 2.75) is 26.2 Å². The summed E-state index contributed by atoms with van der Waals surface area (Å²) in [6, 6.07) is 0. The number of hydrogen-bond acceptors (Lipinski definition) is 1. The second-order valence-electron chi connectivity index (χ2n) is 1.63. The molecule has 0 saturated carbocycles. The first-order chi connectivity index (χ1) is 4.83. The normalized spacial score (nSPS) is 6.40. The van der Waals surface area contributed by atoms with Crippen LogP contribution in [-0.4, -0.2) is 11.7 Å². The minimum Gasteiger partial charge on any atom is -0.395 e. The van der Waals surface area contributed by atoms with Crippen LogP contribution in [0.4, 0.5) is 0 Å². The first-order valence-corrected chi connectivity index (χ1v) is 3.31. The lowest BCUT2D eigenvalue weighted by molar-refractivity contribution is 0.305. The summed E-state index contributed by atoms with van der Waals surface area (Å²) in [7, 11) is 0. The van der Waals surface area contributed by atoms with Crippen LogP contribution >= 0.6 is 0 Å². The lowest BCUT2D eigenvalue weighted by atomic mass is 10.4. The lowest BCUT2D eigenvalue weighted by Crippen LogP contribution is -1.72. The van der Waals surface area contributed by atoms with Gasteiger partial charge in [-0.15, -0.1) is 24.7 Å². The van der Waals surface area contributed by atoms with E-state index in [0.717, 1.165) is 12.8 Å². The van der Waals surface area contributed by atoms with Crippen LogP contribution in [0, 0.1) is 24.7 Å². The molecule has 0 radical (unpaired) electrons. The van der Waals surface area contributed by atoms with Crippen molar-refractivity contribution in [2.75, 3.05) is 6.61 Å². The summed E-state index contributed by atoms with van der Waals surface area (Å²) < 4.78 is 0. The Labute approximate surface area is 63.5 Å². The minimum absolute atomic E-state index is 0.108. The summed E-state index contributed by atoms with van der Waals surface area (Å²) in [5.74, 6) is 4.78. The molecule has 0 spiro atoms. The smallest absolute Gasteiger partial charge is 0.0540 e. The Morgan fingerprint density at radius 1 is 1.20 bits per heavy atom. The second kappa shape index (κ2) is 15.7. The third kappa shape index (κ3) is 27.6. The maximum absolute atomic E-state index is 7.92. The van der Waals surface area contributed by atoms with Crippen LogP contribution in [0.15, 0.2) is 0 Å². The van der Waals surface area contributed by atoms with Crippen molar-refractivity contribution in [3.05, 3.63) is 0 Å². The molecule has 1 N–H and O–H groups in total. The Kier molecular flexibility index (Phi) is 18.6. The zero-order valence-electron chi connectivity index (χ0n) is 6.43. The van der Waals surface area contributed by atoms with E-state index in [9.17, 15) is 0 Å². The van der Waals surface area contributed by atoms with Gasteiger partial charge in [0.05, 0.1) is 6.61 Å². The van der Waals surface area contributed by atoms with Crippen LogP contribution in [0.25, 0.3) is 0 Å². The quantitative estimate of drug-likeness (QED) is 0.572. The van der Waals surface area contributed by atoms with Gasteiger partial charge in [0, 0.05) is 12.8 Å². The lowest BCUT2D eigenvalue weighted by Gasteiger charge is -1.70. The van der Waals surface area contributed by atoms with Gasteiger partial charge in [0.1, 0.15) is 0 Å². The van der Waals surface area contributed by atoms with Gasteiger partial charge in [0.25, 0.3) is 0 Å². The van der Waals surface area contributed by atoms with Gasteiger partial charge in [-0.1, -0.05) is 6.92 Å². The Bertz CT molecular complexity index is 97.7. The number of rotatable bonds is 2. The predicted molar refractivity (Wildman–Crippen MR) is 44.3 cm³/mol. The van der Waals surface area contributed by atoms with Crippen LogP contribution in [0.1, 0.15) is 26.2 Å². The first-order valence-electron chi connectivity index (χ1n) is 3.31. The van der Waals surface area contributed by atoms with Crippen LogP contribution in [0.5, 0.6) is 0 Å². The summed E-state index contributed by atoms with van der Waals surface area (Å²) >= 11 is 0. The van der Waals surface area contributed by atoms with Crippen molar-refractivity contribution in [1.82, 2.24) is 0 Å². The van der Waals surface area contributed by atoms with Crippen molar-refractivity contribution >= 4 is 0 Å². The van der Waals surface area contributed by atoms with Crippen molar-refractivity contribution in [1.29, 1.82) is 0 Å². The van der Waals surface area contributed by atoms with E-state index in [-0.39, 0.29) is 6.61 Å². The Hall–Kier alpha value is -0.920. The topological polar surface area (TPSA) is 20.2 Å². The largest absolute Gasteiger partial charge is 0.395 e. The van der Waals surface area contributed by atoms with E-state index in [1.54, 1.807) is 0 Å². The molecule has 0 rings (SSSR count). The van der Waals surface area contributed by atoms with Gasteiger partial charge in [0.15, 0.2) is 0 Å². The third-order valence-corrected chi connectivity index (χ3v) is 0.650. The van der Waals surface area contributed by atoms with E-state index in [1.807, 2.05) is 0 Å². The fourth-order valence-corrected chi connectivity index (χ4v) is 0.209. The molecule has 1 heteroatoms. The Morgan fingerprint density at radius 3 is 1.70 bits per heavy atom. The van der Waals surface area contributed by atoms with E-state index in [2.05, 4.69) is 18.8 Å². The zero-order valence-corrected chi connectivity index (χ0v) is 6.43. The van der Waals surface area contributed by atoms with Gasteiger partial charge in [-0.3, -0.25) is 0 Å². The molecule has 0 aliphatic carbocycles. The molecule has 0 aromatic heterocycles. The predicted octanol–water partition coefficient (Wildman–Crippen LogP) is 1.42. The summed E-state index contributed by atoms with van der Waals surface area (Å²) in [6.07, 6.45) is 12.1. The molecule has 1 nitrogen and oxygen atoms in total. The van der Waals surface area contributed by atoms with Crippen molar-refractivity contribution in [2.24, 2.45) is 0 Å². The number of aliphatic hydroxyl groups is 1. The average molecular weight is 138 g/mol. The highest BCUT2D eigenvalue weighted by Gasteiger charge is 1.62. The molecule has 10 heavy (non-hydrogen) atoms. The highest BCUT2D eigenvalue weighted by molar-refractivity contribution is 4.82. The van der Waals surface area contributed by atoms with Crippen LogP contribution in [-0.2, 0) is 0 Å². The van der Waals surface area contributed by atoms with Gasteiger partial charge < -0.3 is 5.11 Å². The van der Waals surface area contributed by atoms with Gasteiger partial charge in [-0.2, -0.15) is 0 Å². The SMILES string of the molecule is C#CCCC.C#CCCO. The molecule has 0 aliphatic heterocycles. The molecule has 0 aromatic carbocycles. The van der Waals surface area contributed by atoms with Crippen molar-refractivity contribution < 1.29 is 5.11 Å². The Morgan fingerprint density at radius 2 is 1.70 bits per heavy atom. The average Bonchev–Trinajstić information content (AvgIpc) is 1.93. The molecule has 0 saturated heterocycles. The van der Waals surface area contributed by atoms with Gasteiger partial charge in [-0.05, 0) is 6.42 Å². The highest BCUT2D eigenvalue weighted by atomic mass is 16.2. The van der Waals surface area contributed by atoms with Gasteiger partial charge >= 0.3 is 0 Å². The maximum atomic E-state index is 7.92. The van der Waals surface area contributed by atoms with Crippen LogP contribution < -0.4 is 0 Å².